The highest BCUT2D eigenvalue weighted by molar-refractivity contribution is 6.05. The third-order valence-electron chi connectivity index (χ3n) is 3.75. The van der Waals surface area contributed by atoms with Crippen molar-refractivity contribution in [3.05, 3.63) is 65.5 Å². The van der Waals surface area contributed by atoms with Crippen molar-refractivity contribution in [1.29, 1.82) is 0 Å². The lowest BCUT2D eigenvalue weighted by atomic mass is 10.3. The van der Waals surface area contributed by atoms with E-state index in [4.69, 9.17) is 13.9 Å². The number of amides is 1. The Morgan fingerprint density at radius 1 is 1.21 bits per heavy atom. The van der Waals surface area contributed by atoms with E-state index in [9.17, 15) is 14.0 Å². The summed E-state index contributed by atoms with van der Waals surface area (Å²) in [4.78, 5) is 24.4. The maximum atomic E-state index is 12.9. The SMILES string of the molecule is CCOC(=O)c1cnn(C)c1NC(=O)c1ccc(COc2ccc(F)cc2)o1. The molecule has 9 heteroatoms. The van der Waals surface area contributed by atoms with Crippen LogP contribution in [0.5, 0.6) is 5.75 Å². The summed E-state index contributed by atoms with van der Waals surface area (Å²) in [6.07, 6.45) is 1.32. The monoisotopic (exact) mass is 387 g/mol. The molecule has 0 spiro atoms. The van der Waals surface area contributed by atoms with Crippen LogP contribution in [0.3, 0.4) is 0 Å². The Kier molecular flexibility index (Phi) is 5.73. The molecule has 146 valence electrons. The predicted octanol–water partition coefficient (Wildman–Crippen LogP) is 3.16. The number of aromatic nitrogens is 2. The van der Waals surface area contributed by atoms with Crippen molar-refractivity contribution >= 4 is 17.7 Å². The van der Waals surface area contributed by atoms with Crippen molar-refractivity contribution in [2.75, 3.05) is 11.9 Å². The van der Waals surface area contributed by atoms with E-state index in [1.807, 2.05) is 0 Å². The lowest BCUT2D eigenvalue weighted by Gasteiger charge is -2.07. The quantitative estimate of drug-likeness (QED) is 0.626. The number of carbonyl (C=O) groups excluding carboxylic acids is 2. The Labute approximate surface area is 159 Å². The second-order valence-electron chi connectivity index (χ2n) is 5.71. The number of carbonyl (C=O) groups is 2. The molecule has 0 unspecified atom stereocenters. The number of nitrogens with one attached hydrogen (secondary N) is 1. The predicted molar refractivity (Wildman–Crippen MR) is 96.6 cm³/mol. The summed E-state index contributed by atoms with van der Waals surface area (Å²) in [5.41, 5.74) is 0.143. The molecule has 0 saturated heterocycles. The number of benzene rings is 1. The highest BCUT2D eigenvalue weighted by Crippen LogP contribution is 2.19. The van der Waals surface area contributed by atoms with E-state index in [2.05, 4.69) is 10.4 Å². The lowest BCUT2D eigenvalue weighted by Crippen LogP contribution is -2.17. The summed E-state index contributed by atoms with van der Waals surface area (Å²) < 4.78 is 30.1. The zero-order valence-electron chi connectivity index (χ0n) is 15.3. The molecule has 28 heavy (non-hydrogen) atoms. The molecule has 3 rings (SSSR count). The van der Waals surface area contributed by atoms with Gasteiger partial charge in [0.05, 0.1) is 12.8 Å². The number of esters is 1. The number of rotatable bonds is 7. The topological polar surface area (TPSA) is 95.6 Å². The van der Waals surface area contributed by atoms with Gasteiger partial charge in [0.1, 0.15) is 35.3 Å². The first-order valence-electron chi connectivity index (χ1n) is 8.45. The Bertz CT molecular complexity index is 978. The van der Waals surface area contributed by atoms with Crippen LogP contribution in [-0.4, -0.2) is 28.3 Å². The van der Waals surface area contributed by atoms with E-state index >= 15 is 0 Å². The minimum atomic E-state index is -0.585. The van der Waals surface area contributed by atoms with Crippen LogP contribution < -0.4 is 10.1 Å². The number of anilines is 1. The molecule has 0 bridgehead atoms. The van der Waals surface area contributed by atoms with Gasteiger partial charge in [0.15, 0.2) is 5.76 Å². The van der Waals surface area contributed by atoms with Gasteiger partial charge >= 0.3 is 5.97 Å². The fourth-order valence-corrected chi connectivity index (χ4v) is 2.38. The average Bonchev–Trinajstić information content (AvgIpc) is 3.29. The van der Waals surface area contributed by atoms with Gasteiger partial charge in [-0.3, -0.25) is 9.48 Å². The van der Waals surface area contributed by atoms with Gasteiger partial charge in [0.25, 0.3) is 5.91 Å². The summed E-state index contributed by atoms with van der Waals surface area (Å²) in [5.74, 6) is -0.386. The third kappa shape index (κ3) is 4.37. The van der Waals surface area contributed by atoms with Crippen molar-refractivity contribution in [1.82, 2.24) is 9.78 Å². The number of hydrogen-bond donors (Lipinski definition) is 1. The molecule has 0 fully saturated rings. The second-order valence-corrected chi connectivity index (χ2v) is 5.71. The number of ether oxygens (including phenoxy) is 2. The standard InChI is InChI=1S/C19H18FN3O5/c1-3-26-19(25)15-10-21-23(2)17(15)22-18(24)16-9-8-14(28-16)11-27-13-6-4-12(20)5-7-13/h4-10H,3,11H2,1-2H3,(H,22,24). The van der Waals surface area contributed by atoms with Gasteiger partial charge in [-0.25, -0.2) is 9.18 Å². The van der Waals surface area contributed by atoms with Crippen LogP contribution in [0.25, 0.3) is 0 Å². The van der Waals surface area contributed by atoms with Crippen LogP contribution in [0, 0.1) is 5.82 Å². The van der Waals surface area contributed by atoms with Crippen LogP contribution >= 0.6 is 0 Å². The minimum Gasteiger partial charge on any atom is -0.486 e. The number of hydrogen-bond acceptors (Lipinski definition) is 6. The van der Waals surface area contributed by atoms with Crippen LogP contribution in [0.1, 0.15) is 33.6 Å². The summed E-state index contributed by atoms with van der Waals surface area (Å²) in [6, 6.07) is 8.63. The molecule has 2 heterocycles. The fourth-order valence-electron chi connectivity index (χ4n) is 2.38. The molecule has 8 nitrogen and oxygen atoms in total. The Morgan fingerprint density at radius 2 is 1.96 bits per heavy atom. The van der Waals surface area contributed by atoms with Crippen LogP contribution in [0.2, 0.25) is 0 Å². The van der Waals surface area contributed by atoms with Crippen molar-refractivity contribution in [2.24, 2.45) is 7.05 Å². The van der Waals surface area contributed by atoms with Gasteiger partial charge in [-0.1, -0.05) is 0 Å². The van der Waals surface area contributed by atoms with Crippen LogP contribution in [0.4, 0.5) is 10.2 Å². The number of halogens is 1. The third-order valence-corrected chi connectivity index (χ3v) is 3.75. The number of aryl methyl sites for hydroxylation is 1. The second kappa shape index (κ2) is 8.38. The summed E-state index contributed by atoms with van der Waals surface area (Å²) in [5, 5.41) is 6.56. The highest BCUT2D eigenvalue weighted by Gasteiger charge is 2.21. The van der Waals surface area contributed by atoms with Gasteiger partial charge in [0.2, 0.25) is 0 Å². The molecule has 1 N–H and O–H groups in total. The molecule has 2 aromatic heterocycles. The van der Waals surface area contributed by atoms with E-state index in [-0.39, 0.29) is 36.2 Å². The number of nitrogens with zero attached hydrogens (tertiary/aromatic N) is 2. The van der Waals surface area contributed by atoms with Crippen molar-refractivity contribution in [2.45, 2.75) is 13.5 Å². The van der Waals surface area contributed by atoms with E-state index in [0.29, 0.717) is 11.5 Å². The van der Waals surface area contributed by atoms with Crippen molar-refractivity contribution in [3.63, 3.8) is 0 Å². The maximum absolute atomic E-state index is 12.9. The van der Waals surface area contributed by atoms with E-state index < -0.39 is 11.9 Å². The highest BCUT2D eigenvalue weighted by atomic mass is 19.1. The molecule has 0 atom stereocenters. The first-order valence-corrected chi connectivity index (χ1v) is 8.45. The summed E-state index contributed by atoms with van der Waals surface area (Å²) >= 11 is 0. The average molecular weight is 387 g/mol. The molecule has 1 aromatic carbocycles. The van der Waals surface area contributed by atoms with Gasteiger partial charge in [-0.2, -0.15) is 5.10 Å². The largest absolute Gasteiger partial charge is 0.486 e. The summed E-state index contributed by atoms with van der Waals surface area (Å²) in [7, 11) is 1.59. The Morgan fingerprint density at radius 3 is 2.68 bits per heavy atom. The molecule has 0 aliphatic rings. The van der Waals surface area contributed by atoms with Gasteiger partial charge in [-0.15, -0.1) is 0 Å². The molecule has 0 aliphatic carbocycles. The van der Waals surface area contributed by atoms with E-state index in [1.54, 1.807) is 20.0 Å². The summed E-state index contributed by atoms with van der Waals surface area (Å²) in [6.45, 7) is 1.96. The zero-order chi connectivity index (χ0) is 20.1. The minimum absolute atomic E-state index is 0.0358. The van der Waals surface area contributed by atoms with Crippen LogP contribution in [-0.2, 0) is 18.4 Å². The van der Waals surface area contributed by atoms with Gasteiger partial charge in [-0.05, 0) is 43.3 Å². The first-order chi connectivity index (χ1) is 13.5. The Balaban J connectivity index is 1.65. The maximum Gasteiger partial charge on any atom is 0.343 e. The molecule has 0 radical (unpaired) electrons. The van der Waals surface area contributed by atoms with E-state index in [1.165, 1.54) is 41.2 Å². The molecule has 1 amide bonds. The fraction of sp³-hybridized carbons (Fsp3) is 0.211. The van der Waals surface area contributed by atoms with Crippen molar-refractivity contribution < 1.29 is 27.9 Å². The molecule has 0 aliphatic heterocycles. The van der Waals surface area contributed by atoms with Gasteiger partial charge in [0, 0.05) is 7.05 Å². The Hall–Kier alpha value is -3.62. The normalized spacial score (nSPS) is 10.5. The first kappa shape index (κ1) is 19.2. The lowest BCUT2D eigenvalue weighted by molar-refractivity contribution is 0.0527. The molecule has 3 aromatic rings. The number of furan rings is 1. The molecule has 0 saturated carbocycles. The van der Waals surface area contributed by atoms with Gasteiger partial charge < -0.3 is 19.2 Å². The smallest absolute Gasteiger partial charge is 0.343 e. The van der Waals surface area contributed by atoms with Crippen LogP contribution in [0.15, 0.2) is 47.0 Å². The molecular formula is C19H18FN3O5. The van der Waals surface area contributed by atoms with Crippen molar-refractivity contribution in [3.8, 4) is 5.75 Å². The van der Waals surface area contributed by atoms with E-state index in [0.717, 1.165) is 0 Å². The zero-order valence-corrected chi connectivity index (χ0v) is 15.3. The molecular weight excluding hydrogens is 369 g/mol.